The van der Waals surface area contributed by atoms with Crippen LogP contribution in [0.25, 0.3) is 0 Å². The van der Waals surface area contributed by atoms with Gasteiger partial charge in [-0.15, -0.1) is 0 Å². The van der Waals surface area contributed by atoms with E-state index in [9.17, 15) is 4.79 Å². The summed E-state index contributed by atoms with van der Waals surface area (Å²) in [7, 11) is 0. The van der Waals surface area contributed by atoms with E-state index in [0.717, 1.165) is 17.2 Å². The van der Waals surface area contributed by atoms with E-state index in [2.05, 4.69) is 22.1 Å². The van der Waals surface area contributed by atoms with Crippen molar-refractivity contribution in [2.75, 3.05) is 11.9 Å². The van der Waals surface area contributed by atoms with Crippen LogP contribution < -0.4 is 5.32 Å². The smallest absolute Gasteiger partial charge is 0.229 e. The molecule has 19 heavy (non-hydrogen) atoms. The maximum Gasteiger partial charge on any atom is 0.229 e. The zero-order valence-electron chi connectivity index (χ0n) is 10.6. The highest BCUT2D eigenvalue weighted by molar-refractivity contribution is 7.16. The molecule has 0 aromatic carbocycles. The minimum atomic E-state index is -0.162. The maximum atomic E-state index is 12.2. The Balaban J connectivity index is 1.62. The average Bonchev–Trinajstić information content (AvgIpc) is 3.12. The first-order valence-electron chi connectivity index (χ1n) is 6.62. The van der Waals surface area contributed by atoms with Crippen molar-refractivity contribution in [1.29, 1.82) is 0 Å². The van der Waals surface area contributed by atoms with Crippen LogP contribution in [0.5, 0.6) is 0 Å². The number of anilines is 1. The van der Waals surface area contributed by atoms with Crippen molar-refractivity contribution in [1.82, 2.24) is 4.98 Å². The van der Waals surface area contributed by atoms with Crippen LogP contribution in [0.1, 0.15) is 30.6 Å². The molecule has 1 aromatic heterocycles. The summed E-state index contributed by atoms with van der Waals surface area (Å²) in [5.41, 5.74) is 0. The molecule has 3 unspecified atom stereocenters. The van der Waals surface area contributed by atoms with Gasteiger partial charge in [0.25, 0.3) is 0 Å². The summed E-state index contributed by atoms with van der Waals surface area (Å²) in [5.74, 6) is 7.00. The number of hydrogen-bond acceptors (Lipinski definition) is 4. The normalized spacial score (nSPS) is 27.9. The summed E-state index contributed by atoms with van der Waals surface area (Å²) in [6.45, 7) is -0.162. The zero-order chi connectivity index (χ0) is 13.2. The molecule has 2 saturated carbocycles. The number of fused-ring (bicyclic) bond motifs is 2. The number of carbonyl (C=O) groups excluding carboxylic acids is 1. The first-order valence-corrected chi connectivity index (χ1v) is 7.44. The van der Waals surface area contributed by atoms with Crippen LogP contribution in [0, 0.1) is 29.6 Å². The molecule has 2 bridgehead atoms. The number of aliphatic hydroxyl groups is 1. The lowest BCUT2D eigenvalue weighted by molar-refractivity contribution is -0.121. The molecule has 100 valence electrons. The molecule has 3 rings (SSSR count). The highest BCUT2D eigenvalue weighted by Gasteiger charge is 2.43. The van der Waals surface area contributed by atoms with E-state index in [1.54, 1.807) is 6.20 Å². The molecule has 2 aliphatic rings. The van der Waals surface area contributed by atoms with Gasteiger partial charge < -0.3 is 10.4 Å². The first-order chi connectivity index (χ1) is 9.26. The summed E-state index contributed by atoms with van der Waals surface area (Å²) in [6, 6.07) is 0. The molecule has 2 aliphatic carbocycles. The molecule has 0 saturated heterocycles. The van der Waals surface area contributed by atoms with Crippen LogP contribution in [0.15, 0.2) is 6.20 Å². The lowest BCUT2D eigenvalue weighted by Gasteiger charge is -2.19. The van der Waals surface area contributed by atoms with Gasteiger partial charge in [-0.1, -0.05) is 29.6 Å². The maximum absolute atomic E-state index is 12.2. The second kappa shape index (κ2) is 5.32. The van der Waals surface area contributed by atoms with Crippen LogP contribution in [0.3, 0.4) is 0 Å². The van der Waals surface area contributed by atoms with E-state index in [1.165, 1.54) is 30.6 Å². The van der Waals surface area contributed by atoms with Gasteiger partial charge in [-0.05, 0) is 31.1 Å². The fourth-order valence-electron chi connectivity index (χ4n) is 3.28. The average molecular weight is 276 g/mol. The quantitative estimate of drug-likeness (QED) is 0.811. The Bertz CT molecular complexity index is 543. The first kappa shape index (κ1) is 12.6. The molecular weight excluding hydrogens is 260 g/mol. The van der Waals surface area contributed by atoms with Crippen molar-refractivity contribution >= 4 is 22.4 Å². The summed E-state index contributed by atoms with van der Waals surface area (Å²) in [4.78, 5) is 17.1. The van der Waals surface area contributed by atoms with Gasteiger partial charge in [0.2, 0.25) is 5.91 Å². The van der Waals surface area contributed by atoms with Crippen molar-refractivity contribution in [2.24, 2.45) is 17.8 Å². The van der Waals surface area contributed by atoms with Gasteiger partial charge in [-0.25, -0.2) is 4.98 Å². The van der Waals surface area contributed by atoms with Crippen LogP contribution >= 0.6 is 11.3 Å². The number of thiazole rings is 1. The molecule has 5 heteroatoms. The third-order valence-electron chi connectivity index (χ3n) is 4.10. The summed E-state index contributed by atoms with van der Waals surface area (Å²) in [5, 5.41) is 12.1. The Labute approximate surface area is 116 Å². The monoisotopic (exact) mass is 276 g/mol. The molecular formula is C14H16N2O2S. The van der Waals surface area contributed by atoms with Gasteiger partial charge >= 0.3 is 0 Å². The number of amides is 1. The van der Waals surface area contributed by atoms with Crippen molar-refractivity contribution in [3.05, 3.63) is 11.1 Å². The largest absolute Gasteiger partial charge is 0.384 e. The minimum absolute atomic E-state index is 0.114. The van der Waals surface area contributed by atoms with Crippen molar-refractivity contribution in [3.63, 3.8) is 0 Å². The lowest BCUT2D eigenvalue weighted by Crippen LogP contribution is -2.27. The zero-order valence-corrected chi connectivity index (χ0v) is 11.4. The Morgan fingerprint density at radius 3 is 3.11 bits per heavy atom. The number of hydrogen-bond donors (Lipinski definition) is 2. The molecule has 2 fully saturated rings. The van der Waals surface area contributed by atoms with E-state index in [0.29, 0.717) is 11.0 Å². The van der Waals surface area contributed by atoms with Gasteiger partial charge in [0.05, 0.1) is 11.1 Å². The van der Waals surface area contributed by atoms with Crippen LogP contribution in [-0.2, 0) is 4.79 Å². The highest BCUT2D eigenvalue weighted by Crippen LogP contribution is 2.48. The number of carbonyl (C=O) groups is 1. The minimum Gasteiger partial charge on any atom is -0.384 e. The fraction of sp³-hybridized carbons (Fsp3) is 0.571. The number of aliphatic hydroxyl groups excluding tert-OH is 1. The standard InChI is InChI=1S/C14H16N2O2S/c17-5-1-2-11-8-15-14(19-11)16-13(18)12-7-9-3-4-10(12)6-9/h8-10,12,17H,3-7H2,(H,15,16,18). The Hall–Kier alpha value is -1.38. The molecule has 1 heterocycles. The van der Waals surface area contributed by atoms with E-state index in [4.69, 9.17) is 5.11 Å². The van der Waals surface area contributed by atoms with Gasteiger partial charge in [0.1, 0.15) is 6.61 Å². The summed E-state index contributed by atoms with van der Waals surface area (Å²) in [6.07, 6.45) is 6.40. The predicted octanol–water partition coefficient (Wildman–Crippen LogP) is 1.86. The number of rotatable bonds is 2. The molecule has 4 nitrogen and oxygen atoms in total. The second-order valence-electron chi connectivity index (χ2n) is 5.26. The Kier molecular flexibility index (Phi) is 3.54. The number of aromatic nitrogens is 1. The molecule has 1 aromatic rings. The van der Waals surface area contributed by atoms with E-state index >= 15 is 0 Å². The molecule has 0 radical (unpaired) electrons. The van der Waals surface area contributed by atoms with Gasteiger partial charge in [-0.2, -0.15) is 0 Å². The van der Waals surface area contributed by atoms with E-state index in [-0.39, 0.29) is 18.4 Å². The van der Waals surface area contributed by atoms with Gasteiger partial charge in [0.15, 0.2) is 5.13 Å². The third kappa shape index (κ3) is 2.65. The van der Waals surface area contributed by atoms with E-state index < -0.39 is 0 Å². The number of nitrogens with one attached hydrogen (secondary N) is 1. The predicted molar refractivity (Wildman–Crippen MR) is 73.6 cm³/mol. The van der Waals surface area contributed by atoms with Crippen LogP contribution in [0.4, 0.5) is 5.13 Å². The Morgan fingerprint density at radius 2 is 2.42 bits per heavy atom. The van der Waals surface area contributed by atoms with E-state index in [1.807, 2.05) is 0 Å². The fourth-order valence-corrected chi connectivity index (χ4v) is 3.97. The second-order valence-corrected chi connectivity index (χ2v) is 6.29. The number of nitrogens with zero attached hydrogens (tertiary/aromatic N) is 1. The van der Waals surface area contributed by atoms with Crippen LogP contribution in [-0.4, -0.2) is 22.6 Å². The molecule has 1 amide bonds. The Morgan fingerprint density at radius 1 is 1.53 bits per heavy atom. The third-order valence-corrected chi connectivity index (χ3v) is 4.93. The van der Waals surface area contributed by atoms with Crippen molar-refractivity contribution in [3.8, 4) is 11.8 Å². The van der Waals surface area contributed by atoms with Crippen molar-refractivity contribution < 1.29 is 9.90 Å². The highest BCUT2D eigenvalue weighted by atomic mass is 32.1. The van der Waals surface area contributed by atoms with Gasteiger partial charge in [0, 0.05) is 5.92 Å². The topological polar surface area (TPSA) is 62.2 Å². The summed E-state index contributed by atoms with van der Waals surface area (Å²) >= 11 is 1.35. The van der Waals surface area contributed by atoms with Gasteiger partial charge in [-0.3, -0.25) is 4.79 Å². The lowest BCUT2D eigenvalue weighted by atomic mass is 9.88. The molecule has 0 aliphatic heterocycles. The SMILES string of the molecule is O=C(Nc1ncc(C#CCO)s1)C1CC2CCC1C2. The summed E-state index contributed by atoms with van der Waals surface area (Å²) < 4.78 is 0. The molecule has 2 N–H and O–H groups in total. The van der Waals surface area contributed by atoms with Crippen LogP contribution in [0.2, 0.25) is 0 Å². The molecule has 0 spiro atoms. The molecule has 3 atom stereocenters. The van der Waals surface area contributed by atoms with Crippen molar-refractivity contribution in [2.45, 2.75) is 25.7 Å².